The van der Waals surface area contributed by atoms with Gasteiger partial charge in [0, 0.05) is 0 Å². The third-order valence-corrected chi connectivity index (χ3v) is 0. The Morgan fingerprint density at radius 1 is 1.25 bits per heavy atom. The molecule has 0 atom stereocenters. The maximum absolute atomic E-state index is 8.29. The van der Waals surface area contributed by atoms with E-state index in [9.17, 15) is 0 Å². The summed E-state index contributed by atoms with van der Waals surface area (Å²) in [5.74, 6) is 0. The molecule has 0 rings (SSSR count). The molecule has 0 aromatic heterocycles. The van der Waals surface area contributed by atoms with Crippen molar-refractivity contribution in [2.75, 3.05) is 0 Å². The molecule has 0 aliphatic heterocycles. The van der Waals surface area contributed by atoms with E-state index in [0.717, 1.165) is 0 Å². The first-order valence-electron chi connectivity index (χ1n) is 0.333. The van der Waals surface area contributed by atoms with Gasteiger partial charge < -0.3 is 0 Å². The van der Waals surface area contributed by atoms with E-state index in [1.807, 2.05) is 0 Å². The van der Waals surface area contributed by atoms with Crippen molar-refractivity contribution in [1.29, 1.82) is 0 Å². The quantitative estimate of drug-likeness (QED) is 0.357. The summed E-state index contributed by atoms with van der Waals surface area (Å²) in [6, 6.07) is 0. The van der Waals surface area contributed by atoms with Gasteiger partial charge in [-0.3, -0.25) is 0 Å². The molecule has 20 valence electrons. The van der Waals surface area contributed by atoms with Gasteiger partial charge in [0.2, 0.25) is 0 Å². The van der Waals surface area contributed by atoms with E-state index in [0.29, 0.717) is 0 Å². The fourth-order valence-electron chi connectivity index (χ4n) is 0. The first-order chi connectivity index (χ1) is 1.41. The summed E-state index contributed by atoms with van der Waals surface area (Å²) in [5.41, 5.74) is 0. The van der Waals surface area contributed by atoms with E-state index in [2.05, 4.69) is 0 Å². The molecule has 0 unspecified atom stereocenters. The van der Waals surface area contributed by atoms with Crippen LogP contribution in [0.15, 0.2) is 0 Å². The molecule has 0 saturated heterocycles. The molecule has 2 nitrogen and oxygen atoms in total. The van der Waals surface area contributed by atoms with Crippen molar-refractivity contribution in [3.8, 4) is 0 Å². The number of hydrogen-bond acceptors (Lipinski definition) is 2. The molecule has 0 aliphatic carbocycles. The molecule has 4 heteroatoms. The van der Waals surface area contributed by atoms with Crippen LogP contribution >= 0.6 is 0 Å². The third-order valence-electron chi connectivity index (χ3n) is 0. The van der Waals surface area contributed by atoms with Crippen molar-refractivity contribution < 1.29 is 8.42 Å². The number of hydrogen-bond donors (Lipinski definition) is 0. The van der Waals surface area contributed by atoms with Crippen LogP contribution in [0.25, 0.3) is 0 Å². The standard InChI is InChI=1S/K.O2S.H/c;1-3-2;. The van der Waals surface area contributed by atoms with Crippen molar-refractivity contribution in [3.63, 3.8) is 0 Å². The molecule has 0 radical (unpaired) electrons. The van der Waals surface area contributed by atoms with Gasteiger partial charge >= 0.3 is 63.0 Å². The molecule has 0 spiro atoms. The molecular formula is HKO2S. The van der Waals surface area contributed by atoms with Crippen LogP contribution in [0.1, 0.15) is 0 Å². The average molecular weight is 104 g/mol. The van der Waals surface area contributed by atoms with Crippen LogP contribution in [-0.4, -0.2) is 59.8 Å². The fraction of sp³-hybridized carbons (Fsp3) is 0. The van der Waals surface area contributed by atoms with E-state index in [1.54, 1.807) is 0 Å². The molecule has 0 amide bonds. The first kappa shape index (κ1) is 9.07. The summed E-state index contributed by atoms with van der Waals surface area (Å²) in [6.45, 7) is 0. The molecular weight excluding hydrogens is 103 g/mol. The van der Waals surface area contributed by atoms with Gasteiger partial charge in [-0.2, -0.15) is 8.42 Å². The molecule has 0 fully saturated rings. The number of rotatable bonds is 0. The predicted molar refractivity (Wildman–Crippen MR) is 16.1 cm³/mol. The minimum atomic E-state index is -0.750. The Hall–Kier alpha value is 1.46. The molecule has 0 heterocycles. The minimum absolute atomic E-state index is 0. The predicted octanol–water partition coefficient (Wildman–Crippen LogP) is -1.32. The van der Waals surface area contributed by atoms with Crippen LogP contribution in [0.4, 0.5) is 0 Å². The van der Waals surface area contributed by atoms with E-state index in [-0.39, 0.29) is 51.4 Å². The zero-order chi connectivity index (χ0) is 2.71. The molecule has 0 N–H and O–H groups in total. The first-order valence-corrected chi connectivity index (χ1v) is 1.00. The SMILES string of the molecule is O=S=O.[KH]. The Kier molecular flexibility index (Phi) is 20.0. The van der Waals surface area contributed by atoms with Gasteiger partial charge in [-0.15, -0.1) is 0 Å². The second-order valence-electron chi connectivity index (χ2n) is 0.0680. The monoisotopic (exact) mass is 104 g/mol. The Balaban J connectivity index is 0. The van der Waals surface area contributed by atoms with E-state index >= 15 is 0 Å². The summed E-state index contributed by atoms with van der Waals surface area (Å²) in [7, 11) is 0. The van der Waals surface area contributed by atoms with Crippen molar-refractivity contribution in [3.05, 3.63) is 0 Å². The summed E-state index contributed by atoms with van der Waals surface area (Å²) in [5, 5.41) is 0. The Morgan fingerprint density at radius 3 is 1.25 bits per heavy atom. The molecule has 0 saturated carbocycles. The summed E-state index contributed by atoms with van der Waals surface area (Å²) in [6.07, 6.45) is 0. The molecule has 0 aliphatic rings. The van der Waals surface area contributed by atoms with Gasteiger partial charge in [-0.1, -0.05) is 0 Å². The van der Waals surface area contributed by atoms with Crippen LogP contribution in [0.2, 0.25) is 0 Å². The van der Waals surface area contributed by atoms with Gasteiger partial charge in [-0.05, 0) is 0 Å². The Labute approximate surface area is 70.0 Å². The third kappa shape index (κ3) is 9.83. The molecule has 0 aromatic rings. The van der Waals surface area contributed by atoms with Crippen molar-refractivity contribution in [2.24, 2.45) is 0 Å². The normalized spacial score (nSPS) is 3.00. The maximum atomic E-state index is 8.29. The van der Waals surface area contributed by atoms with Gasteiger partial charge in [-0.25, -0.2) is 0 Å². The van der Waals surface area contributed by atoms with E-state index in [1.165, 1.54) is 0 Å². The van der Waals surface area contributed by atoms with E-state index in [4.69, 9.17) is 8.42 Å². The molecule has 0 bridgehead atoms. The van der Waals surface area contributed by atoms with Crippen LogP contribution in [0.5, 0.6) is 0 Å². The summed E-state index contributed by atoms with van der Waals surface area (Å²) < 4.78 is 16.6. The molecule has 0 aromatic carbocycles. The van der Waals surface area contributed by atoms with E-state index < -0.39 is 11.6 Å². The van der Waals surface area contributed by atoms with Crippen LogP contribution in [-0.2, 0) is 11.6 Å². The van der Waals surface area contributed by atoms with Gasteiger partial charge in [0.15, 0.2) is 0 Å². The second-order valence-corrected chi connectivity index (χ2v) is 0.204. The zero-order valence-corrected chi connectivity index (χ0v) is 2.04. The van der Waals surface area contributed by atoms with Crippen LogP contribution < -0.4 is 0 Å². The van der Waals surface area contributed by atoms with Crippen LogP contribution in [0.3, 0.4) is 0 Å². The summed E-state index contributed by atoms with van der Waals surface area (Å²) in [4.78, 5) is 0. The molecule has 4 heavy (non-hydrogen) atoms. The van der Waals surface area contributed by atoms with Gasteiger partial charge in [0.1, 0.15) is 0 Å². The topological polar surface area (TPSA) is 34.1 Å². The van der Waals surface area contributed by atoms with Crippen molar-refractivity contribution >= 4 is 63.0 Å². The van der Waals surface area contributed by atoms with Crippen molar-refractivity contribution in [1.82, 2.24) is 0 Å². The van der Waals surface area contributed by atoms with Gasteiger partial charge in [0.25, 0.3) is 0 Å². The van der Waals surface area contributed by atoms with Gasteiger partial charge in [0.05, 0.1) is 0 Å². The van der Waals surface area contributed by atoms with Crippen molar-refractivity contribution in [2.45, 2.75) is 0 Å². The fourth-order valence-corrected chi connectivity index (χ4v) is 0. The zero-order valence-electron chi connectivity index (χ0n) is 1.22. The average Bonchev–Trinajstić information content (AvgIpc) is 0.918. The second kappa shape index (κ2) is 8.82. The summed E-state index contributed by atoms with van der Waals surface area (Å²) >= 11 is -0.750. The van der Waals surface area contributed by atoms with Crippen LogP contribution in [0, 0.1) is 0 Å². The Morgan fingerprint density at radius 2 is 1.25 bits per heavy atom. The Bertz CT molecular complexity index is 27.0.